The van der Waals surface area contributed by atoms with Crippen molar-refractivity contribution in [3.8, 4) is 6.07 Å². The molecule has 0 saturated heterocycles. The van der Waals surface area contributed by atoms with Crippen molar-refractivity contribution in [1.29, 1.82) is 5.26 Å². The van der Waals surface area contributed by atoms with Crippen LogP contribution in [-0.2, 0) is 20.7 Å². The Hall–Kier alpha value is -2.42. The van der Waals surface area contributed by atoms with Crippen LogP contribution in [-0.4, -0.2) is 30.7 Å². The van der Waals surface area contributed by atoms with Crippen LogP contribution < -0.4 is 5.32 Å². The molecule has 0 saturated carbocycles. The number of methoxy groups -OCH3 is 1. The first-order valence-electron chi connectivity index (χ1n) is 6.87. The number of alkyl halides is 1. The van der Waals surface area contributed by atoms with E-state index in [2.05, 4.69) is 10.1 Å². The van der Waals surface area contributed by atoms with Gasteiger partial charge in [-0.15, -0.1) is 0 Å². The van der Waals surface area contributed by atoms with Gasteiger partial charge < -0.3 is 10.1 Å². The van der Waals surface area contributed by atoms with Crippen molar-refractivity contribution in [2.24, 2.45) is 5.92 Å². The van der Waals surface area contributed by atoms with Crippen LogP contribution in [0.3, 0.4) is 0 Å². The van der Waals surface area contributed by atoms with Crippen molar-refractivity contribution in [3.63, 3.8) is 0 Å². The van der Waals surface area contributed by atoms with Crippen molar-refractivity contribution in [1.82, 2.24) is 5.32 Å². The molecule has 1 aromatic carbocycles. The van der Waals surface area contributed by atoms with Gasteiger partial charge in [0.25, 0.3) is 11.6 Å². The summed E-state index contributed by atoms with van der Waals surface area (Å²) in [5.41, 5.74) is -2.23. The highest BCUT2D eigenvalue weighted by atomic mass is 19.1. The number of carbonyl (C=O) groups excluding carboxylic acids is 2. The first-order valence-corrected chi connectivity index (χ1v) is 6.87. The molecule has 0 aromatic heterocycles. The summed E-state index contributed by atoms with van der Waals surface area (Å²) in [5.74, 6) is -2.11. The quantitative estimate of drug-likeness (QED) is 0.812. The lowest BCUT2D eigenvalue weighted by molar-refractivity contribution is -0.147. The SMILES string of the molecule is COC(=O)C(NC(=O)C(F)(C#N)Cc1ccccc1)C(C)C. The summed E-state index contributed by atoms with van der Waals surface area (Å²) in [6, 6.07) is 8.78. The Morgan fingerprint density at radius 1 is 1.36 bits per heavy atom. The van der Waals surface area contributed by atoms with Crippen LogP contribution in [0, 0.1) is 17.2 Å². The summed E-state index contributed by atoms with van der Waals surface area (Å²) in [4.78, 5) is 23.7. The number of esters is 1. The molecule has 22 heavy (non-hydrogen) atoms. The Bertz CT molecular complexity index is 569. The monoisotopic (exact) mass is 306 g/mol. The third kappa shape index (κ3) is 4.29. The van der Waals surface area contributed by atoms with Gasteiger partial charge in [0.05, 0.1) is 7.11 Å². The molecule has 0 aliphatic carbocycles. The lowest BCUT2D eigenvalue weighted by atomic mass is 9.95. The molecule has 0 aliphatic heterocycles. The predicted octanol–water partition coefficient (Wildman–Crippen LogP) is 1.77. The van der Waals surface area contributed by atoms with Gasteiger partial charge in [-0.05, 0) is 11.5 Å². The van der Waals surface area contributed by atoms with Gasteiger partial charge in [0.1, 0.15) is 12.1 Å². The van der Waals surface area contributed by atoms with E-state index in [1.165, 1.54) is 13.2 Å². The van der Waals surface area contributed by atoms with Crippen LogP contribution in [0.4, 0.5) is 4.39 Å². The van der Waals surface area contributed by atoms with Gasteiger partial charge in [0.2, 0.25) is 0 Å². The normalized spacial score (nSPS) is 14.5. The molecule has 1 rings (SSSR count). The topological polar surface area (TPSA) is 79.2 Å². The van der Waals surface area contributed by atoms with E-state index in [1.807, 2.05) is 0 Å². The average molecular weight is 306 g/mol. The zero-order chi connectivity index (χ0) is 16.8. The number of benzene rings is 1. The van der Waals surface area contributed by atoms with Crippen LogP contribution in [0.25, 0.3) is 0 Å². The fourth-order valence-corrected chi connectivity index (χ4v) is 1.93. The fraction of sp³-hybridized carbons (Fsp3) is 0.438. The Labute approximate surface area is 129 Å². The van der Waals surface area contributed by atoms with E-state index in [0.29, 0.717) is 5.56 Å². The van der Waals surface area contributed by atoms with Gasteiger partial charge in [-0.1, -0.05) is 44.2 Å². The number of ether oxygens (including phenoxy) is 1. The first-order chi connectivity index (χ1) is 10.3. The molecule has 1 N–H and O–H groups in total. The van der Waals surface area contributed by atoms with Crippen LogP contribution in [0.2, 0.25) is 0 Å². The van der Waals surface area contributed by atoms with Gasteiger partial charge in [-0.3, -0.25) is 4.79 Å². The molecular formula is C16H19FN2O3. The number of halogens is 1. The molecule has 0 fully saturated rings. The number of nitrogens with zero attached hydrogens (tertiary/aromatic N) is 1. The molecule has 1 amide bonds. The first kappa shape index (κ1) is 17.6. The van der Waals surface area contributed by atoms with Gasteiger partial charge in [0.15, 0.2) is 0 Å². The molecule has 0 spiro atoms. The maximum Gasteiger partial charge on any atom is 0.328 e. The molecule has 2 atom stereocenters. The zero-order valence-electron chi connectivity index (χ0n) is 12.8. The van der Waals surface area contributed by atoms with Gasteiger partial charge in [-0.25, -0.2) is 9.18 Å². The summed E-state index contributed by atoms with van der Waals surface area (Å²) in [7, 11) is 1.18. The highest BCUT2D eigenvalue weighted by Gasteiger charge is 2.41. The number of amides is 1. The second-order valence-corrected chi connectivity index (χ2v) is 5.29. The maximum atomic E-state index is 14.7. The highest BCUT2D eigenvalue weighted by molar-refractivity contribution is 5.92. The van der Waals surface area contributed by atoms with E-state index in [1.54, 1.807) is 44.2 Å². The number of carbonyl (C=O) groups is 2. The minimum absolute atomic E-state index is 0.295. The average Bonchev–Trinajstić information content (AvgIpc) is 2.52. The molecule has 0 aliphatic rings. The second-order valence-electron chi connectivity index (χ2n) is 5.29. The molecule has 2 unspecified atom stereocenters. The zero-order valence-corrected chi connectivity index (χ0v) is 12.8. The number of nitrogens with one attached hydrogen (secondary N) is 1. The Kier molecular flexibility index (Phi) is 6.05. The smallest absolute Gasteiger partial charge is 0.328 e. The highest BCUT2D eigenvalue weighted by Crippen LogP contribution is 2.19. The van der Waals surface area contributed by atoms with Crippen LogP contribution in [0.15, 0.2) is 30.3 Å². The van der Waals surface area contributed by atoms with Crippen LogP contribution in [0.1, 0.15) is 19.4 Å². The second kappa shape index (κ2) is 7.55. The van der Waals surface area contributed by atoms with Crippen molar-refractivity contribution in [2.75, 3.05) is 7.11 Å². The lowest BCUT2D eigenvalue weighted by Crippen LogP contribution is -2.52. The van der Waals surface area contributed by atoms with E-state index in [-0.39, 0.29) is 12.3 Å². The van der Waals surface area contributed by atoms with Gasteiger partial charge in [0, 0.05) is 6.42 Å². The van der Waals surface area contributed by atoms with E-state index in [9.17, 15) is 14.0 Å². The Morgan fingerprint density at radius 3 is 2.41 bits per heavy atom. The number of rotatable bonds is 6. The summed E-state index contributed by atoms with van der Waals surface area (Å²) in [5, 5.41) is 11.3. The van der Waals surface area contributed by atoms with Gasteiger partial charge >= 0.3 is 5.97 Å². The van der Waals surface area contributed by atoms with Crippen molar-refractivity contribution >= 4 is 11.9 Å². The summed E-state index contributed by atoms with van der Waals surface area (Å²) in [6.07, 6.45) is -0.387. The lowest BCUT2D eigenvalue weighted by Gasteiger charge is -2.23. The Balaban J connectivity index is 2.91. The summed E-state index contributed by atoms with van der Waals surface area (Å²) >= 11 is 0. The van der Waals surface area contributed by atoms with Crippen LogP contribution in [0.5, 0.6) is 0 Å². The third-order valence-electron chi connectivity index (χ3n) is 3.24. The molecule has 5 nitrogen and oxygen atoms in total. The van der Waals surface area contributed by atoms with Crippen molar-refractivity contribution in [2.45, 2.75) is 32.0 Å². The number of nitriles is 1. The van der Waals surface area contributed by atoms with E-state index in [4.69, 9.17) is 5.26 Å². The standard InChI is InChI=1S/C16H19FN2O3/c1-11(2)13(14(20)22-3)19-15(21)16(17,10-18)9-12-7-5-4-6-8-12/h4-8,11,13H,9H2,1-3H3,(H,19,21). The third-order valence-corrected chi connectivity index (χ3v) is 3.24. The summed E-state index contributed by atoms with van der Waals surface area (Å²) < 4.78 is 19.2. The molecule has 6 heteroatoms. The summed E-state index contributed by atoms with van der Waals surface area (Å²) in [6.45, 7) is 3.37. The molecule has 118 valence electrons. The van der Waals surface area contributed by atoms with Gasteiger partial charge in [-0.2, -0.15) is 5.26 Å². The maximum absolute atomic E-state index is 14.7. The fourth-order valence-electron chi connectivity index (χ4n) is 1.93. The minimum atomic E-state index is -2.75. The molecule has 0 radical (unpaired) electrons. The largest absolute Gasteiger partial charge is 0.467 e. The number of hydrogen-bond donors (Lipinski definition) is 1. The van der Waals surface area contributed by atoms with E-state index >= 15 is 0 Å². The number of hydrogen-bond acceptors (Lipinski definition) is 4. The van der Waals surface area contributed by atoms with E-state index in [0.717, 1.165) is 0 Å². The van der Waals surface area contributed by atoms with Crippen molar-refractivity contribution < 1.29 is 18.7 Å². The van der Waals surface area contributed by atoms with Crippen LogP contribution >= 0.6 is 0 Å². The Morgan fingerprint density at radius 2 is 1.95 bits per heavy atom. The molecule has 0 heterocycles. The minimum Gasteiger partial charge on any atom is -0.467 e. The predicted molar refractivity (Wildman–Crippen MR) is 78.4 cm³/mol. The molecule has 0 bridgehead atoms. The van der Waals surface area contributed by atoms with E-state index < -0.39 is 23.6 Å². The molecule has 1 aromatic rings. The van der Waals surface area contributed by atoms with Crippen molar-refractivity contribution in [3.05, 3.63) is 35.9 Å². The molecular weight excluding hydrogens is 287 g/mol.